The molecule has 0 aromatic carbocycles. The molecule has 4 nitrogen and oxygen atoms in total. The zero-order valence-electron chi connectivity index (χ0n) is 18.0. The lowest BCUT2D eigenvalue weighted by molar-refractivity contribution is 0.262. The number of halogens is 4. The third-order valence-corrected chi connectivity index (χ3v) is 12.8. The van der Waals surface area contributed by atoms with Crippen LogP contribution in [0.3, 0.4) is 0 Å². The number of aromatic nitrogens is 1. The Hall–Kier alpha value is -0.800. The maximum Gasteiger partial charge on any atom is 0.152 e. The molecule has 4 unspecified atom stereocenters. The molecule has 0 fully saturated rings. The smallest absolute Gasteiger partial charge is 0.152 e. The number of rotatable bonds is 0. The minimum absolute atomic E-state index is 0.0472. The highest BCUT2D eigenvalue weighted by atomic mass is 79.9. The monoisotopic (exact) mass is 682 g/mol. The van der Waals surface area contributed by atoms with E-state index in [0.29, 0.717) is 0 Å². The molecule has 4 aliphatic rings. The van der Waals surface area contributed by atoms with Crippen molar-refractivity contribution in [2.24, 2.45) is 15.9 Å². The van der Waals surface area contributed by atoms with Gasteiger partial charge in [0.05, 0.1) is 28.2 Å². The Morgan fingerprint density at radius 3 is 2.38 bits per heavy atom. The number of alkyl halides is 1. The van der Waals surface area contributed by atoms with E-state index in [0.717, 1.165) is 46.8 Å². The van der Waals surface area contributed by atoms with E-state index in [4.69, 9.17) is 9.98 Å². The van der Waals surface area contributed by atoms with Crippen molar-refractivity contribution >= 4 is 87.3 Å². The molecule has 0 aliphatic carbocycles. The van der Waals surface area contributed by atoms with Crippen LogP contribution in [0, 0.1) is 5.92 Å². The van der Waals surface area contributed by atoms with Gasteiger partial charge in [0.2, 0.25) is 0 Å². The van der Waals surface area contributed by atoms with Crippen LogP contribution in [-0.2, 0) is 0 Å². The van der Waals surface area contributed by atoms with Crippen molar-refractivity contribution < 1.29 is 0 Å². The summed E-state index contributed by atoms with van der Waals surface area (Å²) in [6.45, 7) is 8.72. The topological polar surface area (TPSA) is 52.5 Å². The van der Waals surface area contributed by atoms with Gasteiger partial charge in [0.1, 0.15) is 0 Å². The van der Waals surface area contributed by atoms with E-state index in [9.17, 15) is 0 Å². The fourth-order valence-electron chi connectivity index (χ4n) is 4.75. The van der Waals surface area contributed by atoms with E-state index < -0.39 is 15.5 Å². The molecule has 8 bridgehead atoms. The van der Waals surface area contributed by atoms with Crippen LogP contribution in [0.2, 0.25) is 0 Å². The summed E-state index contributed by atoms with van der Waals surface area (Å²) < 4.78 is 2.58. The number of fused-ring (bicyclic) bond motifs is 6. The van der Waals surface area contributed by atoms with Crippen molar-refractivity contribution in [1.29, 1.82) is 0 Å². The summed E-state index contributed by atoms with van der Waals surface area (Å²) in [6, 6.07) is 4.14. The minimum atomic E-state index is -0.605. The van der Waals surface area contributed by atoms with Crippen molar-refractivity contribution in [2.75, 3.05) is 0 Å². The number of aromatic amines is 1. The lowest BCUT2D eigenvalue weighted by atomic mass is 9.82. The van der Waals surface area contributed by atoms with Gasteiger partial charge >= 0.3 is 0 Å². The molecule has 2 N–H and O–H groups in total. The predicted octanol–water partition coefficient (Wildman–Crippen LogP) is 5.46. The zero-order chi connectivity index (χ0) is 23.1. The number of allylic oxidation sites excluding steroid dienone is 3. The Morgan fingerprint density at radius 1 is 0.969 bits per heavy atom. The summed E-state index contributed by atoms with van der Waals surface area (Å²) >= 11 is 15.7. The fourth-order valence-corrected chi connectivity index (χ4v) is 7.81. The molecule has 5 heterocycles. The number of aliphatic imine (C=N–C) groups is 2. The van der Waals surface area contributed by atoms with Crippen molar-refractivity contribution in [3.63, 3.8) is 0 Å². The molecule has 32 heavy (non-hydrogen) atoms. The van der Waals surface area contributed by atoms with Gasteiger partial charge in [-0.25, -0.2) is 4.99 Å². The first kappa shape index (κ1) is 23.0. The highest BCUT2D eigenvalue weighted by Gasteiger charge is 2.56. The van der Waals surface area contributed by atoms with Crippen molar-refractivity contribution in [1.82, 2.24) is 10.3 Å². The van der Waals surface area contributed by atoms with Crippen LogP contribution in [0.5, 0.6) is 0 Å². The largest absolute Gasteiger partial charge is 0.355 e. The van der Waals surface area contributed by atoms with Gasteiger partial charge in [0, 0.05) is 30.1 Å². The maximum atomic E-state index is 5.19. The van der Waals surface area contributed by atoms with E-state index in [-0.39, 0.29) is 5.92 Å². The van der Waals surface area contributed by atoms with Crippen molar-refractivity contribution in [3.8, 4) is 0 Å². The molecule has 166 valence electrons. The number of nitrogens with zero attached hydrogens (tertiary/aromatic N) is 2. The molecule has 0 radical (unpaired) electrons. The standard InChI is InChI=1S/C24H22Br4N4/c1-12-18-10-16-6-5-14(29-16)9-15-7-8-17(30-15)11-22(3)20(26)21(27)23(4,32-22)13(2)24(28,31-18)19(12)25/h5-11,13,29,32H,1-4H3/b14-9-,16-10-,17-11-. The van der Waals surface area contributed by atoms with Crippen LogP contribution in [0.15, 0.2) is 65.1 Å². The van der Waals surface area contributed by atoms with Gasteiger partial charge in [-0.15, -0.1) is 0 Å². The van der Waals surface area contributed by atoms with Crippen molar-refractivity contribution in [2.45, 2.75) is 43.2 Å². The van der Waals surface area contributed by atoms with Crippen LogP contribution >= 0.6 is 63.7 Å². The summed E-state index contributed by atoms with van der Waals surface area (Å²) in [7, 11) is 0. The molecule has 8 heteroatoms. The van der Waals surface area contributed by atoms with E-state index in [2.05, 4.69) is 138 Å². The number of hydrogen-bond donors (Lipinski definition) is 2. The average molecular weight is 686 g/mol. The van der Waals surface area contributed by atoms with Gasteiger partial charge in [-0.3, -0.25) is 10.3 Å². The molecule has 1 aromatic heterocycles. The molecular weight excluding hydrogens is 664 g/mol. The third kappa shape index (κ3) is 3.35. The molecule has 5 rings (SSSR count). The first-order valence-electron chi connectivity index (χ1n) is 10.4. The first-order valence-corrected chi connectivity index (χ1v) is 13.5. The van der Waals surface area contributed by atoms with Crippen LogP contribution in [0.25, 0.3) is 12.2 Å². The van der Waals surface area contributed by atoms with E-state index in [1.54, 1.807) is 0 Å². The zero-order valence-corrected chi connectivity index (χ0v) is 24.4. The molecule has 1 aromatic rings. The summed E-state index contributed by atoms with van der Waals surface area (Å²) in [5.41, 5.74) is 3.09. The number of H-pyrrole nitrogens is 1. The summed E-state index contributed by atoms with van der Waals surface area (Å²) in [6.07, 6.45) is 10.4. The Bertz CT molecular complexity index is 1360. The summed E-state index contributed by atoms with van der Waals surface area (Å²) in [4.78, 5) is 13.5. The highest BCUT2D eigenvalue weighted by molar-refractivity contribution is 9.14. The predicted molar refractivity (Wildman–Crippen MR) is 148 cm³/mol. The fraction of sp³-hybridized carbons (Fsp3) is 0.333. The molecule has 0 amide bonds. The van der Waals surface area contributed by atoms with Gasteiger partial charge in [0.15, 0.2) is 4.45 Å². The average Bonchev–Trinajstić information content (AvgIpc) is 3.45. The van der Waals surface area contributed by atoms with Gasteiger partial charge in [0.25, 0.3) is 0 Å². The van der Waals surface area contributed by atoms with Crippen LogP contribution in [0.4, 0.5) is 0 Å². The maximum absolute atomic E-state index is 5.19. The van der Waals surface area contributed by atoms with Gasteiger partial charge < -0.3 is 4.98 Å². The highest BCUT2D eigenvalue weighted by Crippen LogP contribution is 2.56. The number of nitrogens with one attached hydrogen (secondary N) is 2. The molecular formula is C24H22Br4N4. The van der Waals surface area contributed by atoms with E-state index in [1.807, 2.05) is 6.08 Å². The SMILES string of the molecule is CC1=C(Br)C2(Br)N=C1/C=c1/cc/c([nH]1)=C/C1=NC(=C\C3(C)NC(C)(C(Br)=C3Br)C2C)/C=C1. The molecule has 4 aliphatic heterocycles. The second kappa shape index (κ2) is 7.60. The molecule has 4 atom stereocenters. The molecule has 0 saturated carbocycles. The lowest BCUT2D eigenvalue weighted by Crippen LogP contribution is -2.56. The Kier molecular flexibility index (Phi) is 5.46. The van der Waals surface area contributed by atoms with Crippen molar-refractivity contribution in [3.05, 3.63) is 65.8 Å². The third-order valence-electron chi connectivity index (χ3n) is 6.81. The van der Waals surface area contributed by atoms with Gasteiger partial charge in [-0.05, 0) is 68.9 Å². The van der Waals surface area contributed by atoms with Crippen LogP contribution in [0.1, 0.15) is 27.7 Å². The Balaban J connectivity index is 1.79. The van der Waals surface area contributed by atoms with E-state index >= 15 is 0 Å². The first-order chi connectivity index (χ1) is 15.0. The van der Waals surface area contributed by atoms with Crippen LogP contribution in [-0.4, -0.2) is 31.9 Å². The summed E-state index contributed by atoms with van der Waals surface area (Å²) in [5, 5.41) is 5.90. The lowest BCUT2D eigenvalue weighted by Gasteiger charge is -2.42. The minimum Gasteiger partial charge on any atom is -0.355 e. The van der Waals surface area contributed by atoms with Gasteiger partial charge in [-0.1, -0.05) is 70.6 Å². The molecule has 0 spiro atoms. The molecule has 0 saturated heterocycles. The summed E-state index contributed by atoms with van der Waals surface area (Å²) in [5.74, 6) is 0.0472. The number of hydrogen-bond acceptors (Lipinski definition) is 3. The van der Waals surface area contributed by atoms with Crippen LogP contribution < -0.4 is 16.0 Å². The Morgan fingerprint density at radius 2 is 1.66 bits per heavy atom. The Labute approximate surface area is 221 Å². The second-order valence-electron chi connectivity index (χ2n) is 9.09. The second-order valence-corrected chi connectivity index (χ2v) is 12.7. The normalized spacial score (nSPS) is 39.9. The quantitative estimate of drug-likeness (QED) is 0.277. The van der Waals surface area contributed by atoms with Gasteiger partial charge in [-0.2, -0.15) is 0 Å². The van der Waals surface area contributed by atoms with E-state index in [1.165, 1.54) is 0 Å².